The van der Waals surface area contributed by atoms with Crippen molar-refractivity contribution in [1.82, 2.24) is 10.7 Å². The maximum atomic E-state index is 12.2. The Bertz CT molecular complexity index is 963. The summed E-state index contributed by atoms with van der Waals surface area (Å²) in [4.78, 5) is 24.1. The molecule has 2 N–H and O–H groups in total. The summed E-state index contributed by atoms with van der Waals surface area (Å²) in [5.74, 6) is 1.39. The van der Waals surface area contributed by atoms with Gasteiger partial charge in [-0.3, -0.25) is 9.59 Å². The topological polar surface area (TPSA) is 107 Å². The van der Waals surface area contributed by atoms with Crippen molar-refractivity contribution in [2.75, 3.05) is 27.6 Å². The van der Waals surface area contributed by atoms with Gasteiger partial charge in [0.15, 0.2) is 23.0 Å². The lowest BCUT2D eigenvalue weighted by Gasteiger charge is -2.10. The number of methoxy groups -OCH3 is 2. The number of nitrogens with zero attached hydrogens (tertiary/aromatic N) is 1. The summed E-state index contributed by atoms with van der Waals surface area (Å²) in [7, 11) is 3.10. The summed E-state index contributed by atoms with van der Waals surface area (Å²) >= 11 is 2.12. The van der Waals surface area contributed by atoms with E-state index in [0.29, 0.717) is 28.6 Å². The molecule has 0 spiro atoms. The highest BCUT2D eigenvalue weighted by Gasteiger charge is 2.16. The average molecular weight is 511 g/mol. The summed E-state index contributed by atoms with van der Waals surface area (Å²) in [5.41, 5.74) is 3.45. The molecule has 0 saturated carbocycles. The lowest BCUT2D eigenvalue weighted by molar-refractivity contribution is -0.120. The first-order valence-electron chi connectivity index (χ1n) is 8.43. The Kier molecular flexibility index (Phi) is 6.75. The lowest BCUT2D eigenvalue weighted by atomic mass is 10.2. The molecule has 0 aromatic heterocycles. The van der Waals surface area contributed by atoms with Gasteiger partial charge in [0, 0.05) is 5.56 Å². The molecular formula is C19H18IN3O6. The van der Waals surface area contributed by atoms with E-state index in [-0.39, 0.29) is 13.3 Å². The lowest BCUT2D eigenvalue weighted by Crippen LogP contribution is -2.34. The zero-order valence-corrected chi connectivity index (χ0v) is 17.8. The maximum absolute atomic E-state index is 12.2. The number of carbonyl (C=O) groups excluding carboxylic acids is 2. The van der Waals surface area contributed by atoms with Crippen LogP contribution in [0.25, 0.3) is 0 Å². The van der Waals surface area contributed by atoms with Gasteiger partial charge in [-0.2, -0.15) is 5.10 Å². The van der Waals surface area contributed by atoms with E-state index in [4.69, 9.17) is 18.9 Å². The first-order valence-corrected chi connectivity index (χ1v) is 9.51. The summed E-state index contributed by atoms with van der Waals surface area (Å²) in [6.45, 7) is -0.103. The molecule has 3 rings (SSSR count). The molecule has 2 aromatic rings. The van der Waals surface area contributed by atoms with Crippen molar-refractivity contribution >= 4 is 40.6 Å². The third kappa shape index (κ3) is 5.08. The van der Waals surface area contributed by atoms with Gasteiger partial charge in [-0.1, -0.05) is 0 Å². The van der Waals surface area contributed by atoms with E-state index < -0.39 is 11.8 Å². The molecule has 152 valence electrons. The Morgan fingerprint density at radius 2 is 1.97 bits per heavy atom. The van der Waals surface area contributed by atoms with Crippen LogP contribution in [0.2, 0.25) is 0 Å². The number of carbonyl (C=O) groups is 2. The molecule has 0 bridgehead atoms. The van der Waals surface area contributed by atoms with E-state index in [0.717, 1.165) is 9.13 Å². The smallest absolute Gasteiger partial charge is 0.259 e. The highest BCUT2D eigenvalue weighted by atomic mass is 127. The highest BCUT2D eigenvalue weighted by Crippen LogP contribution is 2.33. The minimum atomic E-state index is -0.467. The summed E-state index contributed by atoms with van der Waals surface area (Å²) < 4.78 is 21.8. The van der Waals surface area contributed by atoms with Crippen LogP contribution in [0, 0.1) is 3.57 Å². The zero-order valence-electron chi connectivity index (χ0n) is 15.7. The van der Waals surface area contributed by atoms with Crippen molar-refractivity contribution in [3.8, 4) is 23.0 Å². The van der Waals surface area contributed by atoms with Gasteiger partial charge in [0.1, 0.15) is 0 Å². The van der Waals surface area contributed by atoms with E-state index in [2.05, 4.69) is 38.4 Å². The van der Waals surface area contributed by atoms with Crippen LogP contribution in [0.3, 0.4) is 0 Å². The zero-order chi connectivity index (χ0) is 20.8. The van der Waals surface area contributed by atoms with Crippen LogP contribution in [0.5, 0.6) is 23.0 Å². The maximum Gasteiger partial charge on any atom is 0.259 e. The highest BCUT2D eigenvalue weighted by molar-refractivity contribution is 14.1. The Balaban J connectivity index is 1.52. The van der Waals surface area contributed by atoms with Gasteiger partial charge in [0.2, 0.25) is 6.79 Å². The van der Waals surface area contributed by atoms with E-state index >= 15 is 0 Å². The van der Waals surface area contributed by atoms with Gasteiger partial charge < -0.3 is 24.3 Å². The molecule has 2 aromatic carbocycles. The molecule has 29 heavy (non-hydrogen) atoms. The number of hydrazone groups is 1. The van der Waals surface area contributed by atoms with Crippen LogP contribution >= 0.6 is 22.6 Å². The van der Waals surface area contributed by atoms with Gasteiger partial charge in [-0.05, 0) is 58.5 Å². The van der Waals surface area contributed by atoms with Crippen LogP contribution in [-0.4, -0.2) is 45.6 Å². The molecule has 0 saturated heterocycles. The van der Waals surface area contributed by atoms with Crippen molar-refractivity contribution in [2.45, 2.75) is 0 Å². The van der Waals surface area contributed by atoms with E-state index in [1.807, 2.05) is 6.07 Å². The van der Waals surface area contributed by atoms with Crippen LogP contribution in [0.1, 0.15) is 15.9 Å². The Labute approximate surface area is 180 Å². The monoisotopic (exact) mass is 511 g/mol. The van der Waals surface area contributed by atoms with Gasteiger partial charge in [-0.25, -0.2) is 5.43 Å². The molecule has 9 nitrogen and oxygen atoms in total. The number of hydrogen-bond donors (Lipinski definition) is 2. The normalized spacial score (nSPS) is 12.0. The van der Waals surface area contributed by atoms with Crippen LogP contribution in [-0.2, 0) is 4.79 Å². The van der Waals surface area contributed by atoms with E-state index in [9.17, 15) is 9.59 Å². The van der Waals surface area contributed by atoms with Crippen molar-refractivity contribution in [2.24, 2.45) is 5.10 Å². The SMILES string of the molecule is COc1cc(/C=N/NC(=O)CNC(=O)c2ccc3c(c2)OCO3)cc(I)c1OC. The van der Waals surface area contributed by atoms with Crippen molar-refractivity contribution < 1.29 is 28.5 Å². The first-order chi connectivity index (χ1) is 14.0. The standard InChI is InChI=1S/C19H18IN3O6/c1-26-16-6-11(5-13(20)18(16)27-2)8-22-23-17(24)9-21-19(25)12-3-4-14-15(7-12)29-10-28-14/h3-8H,9-10H2,1-2H3,(H,21,25)(H,23,24)/b22-8+. The van der Waals surface area contributed by atoms with Gasteiger partial charge >= 0.3 is 0 Å². The number of amides is 2. The Hall–Kier alpha value is -3.02. The molecule has 10 heteroatoms. The minimum absolute atomic E-state index is 0.125. The molecule has 0 atom stereocenters. The van der Waals surface area contributed by atoms with Crippen molar-refractivity contribution in [3.63, 3.8) is 0 Å². The second kappa shape index (κ2) is 9.45. The van der Waals surface area contributed by atoms with Gasteiger partial charge in [0.05, 0.1) is 30.5 Å². The predicted octanol–water partition coefficient (Wildman–Crippen LogP) is 1.92. The number of benzene rings is 2. The number of rotatable bonds is 7. The molecule has 0 fully saturated rings. The van der Waals surface area contributed by atoms with Crippen LogP contribution < -0.4 is 29.7 Å². The third-order valence-corrected chi connectivity index (χ3v) is 4.70. The quantitative estimate of drug-likeness (QED) is 0.334. The fraction of sp³-hybridized carbons (Fsp3) is 0.211. The van der Waals surface area contributed by atoms with Gasteiger partial charge in [0.25, 0.3) is 11.8 Å². The summed E-state index contributed by atoms with van der Waals surface area (Å²) in [6, 6.07) is 8.37. The van der Waals surface area contributed by atoms with Crippen LogP contribution in [0.4, 0.5) is 0 Å². The van der Waals surface area contributed by atoms with Gasteiger partial charge in [-0.15, -0.1) is 0 Å². The predicted molar refractivity (Wildman–Crippen MR) is 113 cm³/mol. The number of hydrogen-bond acceptors (Lipinski definition) is 7. The second-order valence-corrected chi connectivity index (χ2v) is 6.94. The molecule has 1 aliphatic rings. The molecule has 2 amide bonds. The van der Waals surface area contributed by atoms with E-state index in [1.54, 1.807) is 38.5 Å². The summed E-state index contributed by atoms with van der Waals surface area (Å²) in [6.07, 6.45) is 1.47. The number of fused-ring (bicyclic) bond motifs is 1. The van der Waals surface area contributed by atoms with Crippen LogP contribution in [0.15, 0.2) is 35.4 Å². The fourth-order valence-corrected chi connectivity index (χ4v) is 3.38. The second-order valence-electron chi connectivity index (χ2n) is 5.78. The van der Waals surface area contributed by atoms with E-state index in [1.165, 1.54) is 6.21 Å². The molecule has 0 unspecified atom stereocenters. The Morgan fingerprint density at radius 3 is 2.72 bits per heavy atom. The largest absolute Gasteiger partial charge is 0.493 e. The molecule has 1 aliphatic heterocycles. The number of halogens is 1. The number of nitrogens with one attached hydrogen (secondary N) is 2. The van der Waals surface area contributed by atoms with Crippen molar-refractivity contribution in [3.05, 3.63) is 45.0 Å². The fourth-order valence-electron chi connectivity index (χ4n) is 2.53. The molecule has 0 radical (unpaired) electrons. The summed E-state index contributed by atoms with van der Waals surface area (Å²) in [5, 5.41) is 6.42. The molecular weight excluding hydrogens is 493 g/mol. The Morgan fingerprint density at radius 1 is 1.17 bits per heavy atom. The minimum Gasteiger partial charge on any atom is -0.493 e. The molecule has 1 heterocycles. The average Bonchev–Trinajstić information content (AvgIpc) is 3.19. The third-order valence-electron chi connectivity index (χ3n) is 3.90. The first kappa shape index (κ1) is 20.7. The molecule has 0 aliphatic carbocycles. The van der Waals surface area contributed by atoms with Crippen molar-refractivity contribution in [1.29, 1.82) is 0 Å². The number of ether oxygens (including phenoxy) is 4.